The van der Waals surface area contributed by atoms with Crippen molar-refractivity contribution >= 4 is 23.5 Å². The van der Waals surface area contributed by atoms with Crippen molar-refractivity contribution in [2.24, 2.45) is 0 Å². The first-order valence-electron chi connectivity index (χ1n) is 8.06. The summed E-state index contributed by atoms with van der Waals surface area (Å²) in [5, 5.41) is 0. The highest BCUT2D eigenvalue weighted by molar-refractivity contribution is 7.97. The molecule has 0 bridgehead atoms. The fourth-order valence-corrected chi connectivity index (χ4v) is 3.69. The maximum Gasteiger partial charge on any atom is 0.123 e. The Morgan fingerprint density at radius 2 is 1.96 bits per heavy atom. The van der Waals surface area contributed by atoms with Crippen LogP contribution in [0.1, 0.15) is 12.5 Å². The van der Waals surface area contributed by atoms with Gasteiger partial charge in [0.15, 0.2) is 0 Å². The fraction of sp³-hybridized carbons (Fsp3) is 0.316. The molecule has 0 amide bonds. The number of hydrogen-bond acceptors (Lipinski definition) is 5. The van der Waals surface area contributed by atoms with Crippen LogP contribution in [-0.2, 0) is 0 Å². The SMILES string of the molecule is CC#CC1CN(Sc2ccc(N)nc2)CCN1c1ccc(C)cc1. The van der Waals surface area contributed by atoms with Crippen LogP contribution in [0, 0.1) is 18.8 Å². The number of aryl methyl sites for hydroxylation is 1. The molecule has 0 spiro atoms. The number of hydrogen-bond donors (Lipinski definition) is 1. The van der Waals surface area contributed by atoms with E-state index < -0.39 is 0 Å². The van der Waals surface area contributed by atoms with E-state index in [0.29, 0.717) is 5.82 Å². The van der Waals surface area contributed by atoms with E-state index >= 15 is 0 Å². The van der Waals surface area contributed by atoms with Gasteiger partial charge in [0.25, 0.3) is 0 Å². The van der Waals surface area contributed by atoms with Crippen LogP contribution >= 0.6 is 11.9 Å². The van der Waals surface area contributed by atoms with Gasteiger partial charge in [0.1, 0.15) is 11.9 Å². The lowest BCUT2D eigenvalue weighted by molar-refractivity contribution is 0.397. The zero-order valence-electron chi connectivity index (χ0n) is 14.1. The van der Waals surface area contributed by atoms with Crippen LogP contribution in [0.2, 0.25) is 0 Å². The van der Waals surface area contributed by atoms with Crippen LogP contribution < -0.4 is 10.6 Å². The lowest BCUT2D eigenvalue weighted by Crippen LogP contribution is -2.50. The number of nitrogens with two attached hydrogens (primary N) is 1. The first kappa shape index (κ1) is 16.7. The average molecular weight is 338 g/mol. The second kappa shape index (κ2) is 7.61. The van der Waals surface area contributed by atoms with Gasteiger partial charge in [-0.2, -0.15) is 0 Å². The summed E-state index contributed by atoms with van der Waals surface area (Å²) in [6, 6.07) is 12.7. The Kier molecular flexibility index (Phi) is 5.29. The summed E-state index contributed by atoms with van der Waals surface area (Å²) in [7, 11) is 0. The van der Waals surface area contributed by atoms with Gasteiger partial charge in [-0.15, -0.1) is 5.92 Å². The normalized spacial score (nSPS) is 18.1. The molecule has 1 aliphatic rings. The van der Waals surface area contributed by atoms with Crippen molar-refractivity contribution in [2.75, 3.05) is 30.3 Å². The van der Waals surface area contributed by atoms with Crippen molar-refractivity contribution < 1.29 is 0 Å². The van der Waals surface area contributed by atoms with Gasteiger partial charge in [-0.1, -0.05) is 23.6 Å². The summed E-state index contributed by atoms with van der Waals surface area (Å²) in [5.74, 6) is 7.00. The van der Waals surface area contributed by atoms with E-state index in [1.165, 1.54) is 11.3 Å². The molecule has 1 aromatic heterocycles. The molecule has 124 valence electrons. The van der Waals surface area contributed by atoms with Crippen LogP contribution in [0.5, 0.6) is 0 Å². The summed E-state index contributed by atoms with van der Waals surface area (Å²) >= 11 is 1.72. The zero-order chi connectivity index (χ0) is 16.9. The lowest BCUT2D eigenvalue weighted by atomic mass is 10.1. The van der Waals surface area contributed by atoms with Gasteiger partial charge in [-0.3, -0.25) is 0 Å². The molecule has 0 radical (unpaired) electrons. The third-order valence-electron chi connectivity index (χ3n) is 4.01. The lowest BCUT2D eigenvalue weighted by Gasteiger charge is -2.39. The fourth-order valence-electron chi connectivity index (χ4n) is 2.77. The van der Waals surface area contributed by atoms with Crippen LogP contribution in [0.25, 0.3) is 0 Å². The van der Waals surface area contributed by atoms with Gasteiger partial charge < -0.3 is 10.6 Å². The Morgan fingerprint density at radius 1 is 1.17 bits per heavy atom. The molecule has 1 atom stereocenters. The van der Waals surface area contributed by atoms with Crippen molar-refractivity contribution in [3.05, 3.63) is 48.2 Å². The molecule has 0 aliphatic carbocycles. The molecule has 1 fully saturated rings. The maximum absolute atomic E-state index is 5.66. The van der Waals surface area contributed by atoms with Crippen LogP contribution in [0.15, 0.2) is 47.5 Å². The summed E-state index contributed by atoms with van der Waals surface area (Å²) < 4.78 is 2.35. The number of rotatable bonds is 3. The number of nitrogens with zero attached hydrogens (tertiary/aromatic N) is 3. The summed E-state index contributed by atoms with van der Waals surface area (Å²) in [6.07, 6.45) is 1.83. The van der Waals surface area contributed by atoms with E-state index in [1.54, 1.807) is 11.9 Å². The van der Waals surface area contributed by atoms with Gasteiger partial charge in [0.05, 0.1) is 0 Å². The minimum atomic E-state index is 0.195. The van der Waals surface area contributed by atoms with E-state index in [9.17, 15) is 0 Å². The van der Waals surface area contributed by atoms with E-state index in [4.69, 9.17) is 5.73 Å². The second-order valence-electron chi connectivity index (χ2n) is 5.84. The summed E-state index contributed by atoms with van der Waals surface area (Å²) in [6.45, 7) is 6.85. The van der Waals surface area contributed by atoms with Gasteiger partial charge in [-0.05, 0) is 50.1 Å². The molecular weight excluding hydrogens is 316 g/mol. The van der Waals surface area contributed by atoms with Crippen molar-refractivity contribution in [2.45, 2.75) is 24.8 Å². The number of pyridine rings is 1. The van der Waals surface area contributed by atoms with Crippen molar-refractivity contribution in [3.8, 4) is 11.8 Å². The van der Waals surface area contributed by atoms with E-state index in [-0.39, 0.29) is 6.04 Å². The van der Waals surface area contributed by atoms with Crippen LogP contribution in [0.4, 0.5) is 11.5 Å². The number of aromatic nitrogens is 1. The van der Waals surface area contributed by atoms with E-state index in [1.807, 2.05) is 25.3 Å². The van der Waals surface area contributed by atoms with Crippen LogP contribution in [-0.4, -0.2) is 35.0 Å². The van der Waals surface area contributed by atoms with E-state index in [0.717, 1.165) is 24.5 Å². The largest absolute Gasteiger partial charge is 0.384 e. The molecule has 1 saturated heterocycles. The molecule has 24 heavy (non-hydrogen) atoms. The smallest absolute Gasteiger partial charge is 0.123 e. The average Bonchev–Trinajstić information content (AvgIpc) is 2.59. The molecule has 5 heteroatoms. The third kappa shape index (κ3) is 4.02. The van der Waals surface area contributed by atoms with Gasteiger partial charge >= 0.3 is 0 Å². The molecular formula is C19H22N4S. The van der Waals surface area contributed by atoms with Gasteiger partial charge in [-0.25, -0.2) is 9.29 Å². The summed E-state index contributed by atoms with van der Waals surface area (Å²) in [4.78, 5) is 7.67. The standard InChI is InChI=1S/C19H22N4S/c1-3-4-17-14-22(24-18-9-10-19(20)21-13-18)11-12-23(17)16-7-5-15(2)6-8-16/h5-10,13,17H,11-12,14H2,1-2H3,(H2,20,21). The third-order valence-corrected chi connectivity index (χ3v) is 5.06. The van der Waals surface area contributed by atoms with Crippen molar-refractivity contribution in [1.29, 1.82) is 0 Å². The molecule has 2 N–H and O–H groups in total. The molecule has 3 rings (SSSR count). The predicted molar refractivity (Wildman–Crippen MR) is 102 cm³/mol. The Labute approximate surface area is 148 Å². The van der Waals surface area contributed by atoms with Gasteiger partial charge in [0, 0.05) is 36.4 Å². The molecule has 2 heterocycles. The highest BCUT2D eigenvalue weighted by Gasteiger charge is 2.26. The minimum Gasteiger partial charge on any atom is -0.384 e. The highest BCUT2D eigenvalue weighted by atomic mass is 32.2. The quantitative estimate of drug-likeness (QED) is 0.688. The van der Waals surface area contributed by atoms with E-state index in [2.05, 4.69) is 57.2 Å². The van der Waals surface area contributed by atoms with Gasteiger partial charge in [0.2, 0.25) is 0 Å². The Morgan fingerprint density at radius 3 is 2.62 bits per heavy atom. The topological polar surface area (TPSA) is 45.4 Å². The van der Waals surface area contributed by atoms with Crippen molar-refractivity contribution in [1.82, 2.24) is 9.29 Å². The Bertz CT molecular complexity index is 731. The number of anilines is 2. The van der Waals surface area contributed by atoms with Crippen LogP contribution in [0.3, 0.4) is 0 Å². The first-order valence-corrected chi connectivity index (χ1v) is 8.83. The summed E-state index contributed by atoms with van der Waals surface area (Å²) in [5.41, 5.74) is 8.18. The number of nitrogen functional groups attached to an aromatic ring is 1. The number of benzene rings is 1. The highest BCUT2D eigenvalue weighted by Crippen LogP contribution is 2.28. The first-order chi connectivity index (χ1) is 11.7. The molecule has 1 aliphatic heterocycles. The maximum atomic E-state index is 5.66. The monoisotopic (exact) mass is 338 g/mol. The number of piperazine rings is 1. The Hall–Kier alpha value is -2.16. The zero-order valence-corrected chi connectivity index (χ0v) is 14.9. The predicted octanol–water partition coefficient (Wildman–Crippen LogP) is 3.19. The second-order valence-corrected chi connectivity index (χ2v) is 7.01. The molecule has 1 aromatic carbocycles. The Balaban J connectivity index is 1.71. The molecule has 0 saturated carbocycles. The molecule has 1 unspecified atom stereocenters. The molecule has 2 aromatic rings. The minimum absolute atomic E-state index is 0.195. The van der Waals surface area contributed by atoms with Crippen molar-refractivity contribution in [3.63, 3.8) is 0 Å². The molecule has 4 nitrogen and oxygen atoms in total.